The normalized spacial score (nSPS) is 15.5. The van der Waals surface area contributed by atoms with Crippen molar-refractivity contribution in [1.29, 1.82) is 0 Å². The summed E-state index contributed by atoms with van der Waals surface area (Å²) < 4.78 is 86.0. The van der Waals surface area contributed by atoms with Crippen molar-refractivity contribution < 1.29 is 35.5 Å². The smallest absolute Gasteiger partial charge is 0.397 e. The van der Waals surface area contributed by atoms with E-state index in [1.54, 1.807) is 0 Å². The number of benzene rings is 1. The van der Waals surface area contributed by atoms with E-state index < -0.39 is 55.2 Å². The van der Waals surface area contributed by atoms with E-state index in [-0.39, 0.29) is 24.5 Å². The molecular formula is C21H18F4N4O4S. The lowest BCUT2D eigenvalue weighted by molar-refractivity contribution is -0.259. The maximum atomic E-state index is 13.6. The minimum Gasteiger partial charge on any atom is -0.476 e. The molecule has 0 saturated heterocycles. The molecule has 0 bridgehead atoms. The fourth-order valence-electron chi connectivity index (χ4n) is 3.53. The summed E-state index contributed by atoms with van der Waals surface area (Å²) in [7, 11) is -4.45. The lowest BCUT2D eigenvalue weighted by Crippen LogP contribution is -2.48. The Labute approximate surface area is 191 Å². The van der Waals surface area contributed by atoms with Crippen LogP contribution in [0.1, 0.15) is 29.6 Å². The standard InChI is InChI=1S/C21H18F4N4O4S/c22-13-3-1-4-14(11-13)34(31,32)19-15(18(26)30)5-6-16(27-19)29-10-7-17(28-29)33-12-20(8-2-9-20)21(23,24)25/h1,3-7,10-11H,2,8-9,12H2,(H2,26,30). The molecule has 2 aromatic heterocycles. The van der Waals surface area contributed by atoms with E-state index >= 15 is 0 Å². The van der Waals surface area contributed by atoms with Crippen molar-refractivity contribution >= 4 is 15.7 Å². The third-order valence-corrected chi connectivity index (χ3v) is 7.37. The van der Waals surface area contributed by atoms with Crippen molar-refractivity contribution in [1.82, 2.24) is 14.8 Å². The number of sulfone groups is 1. The Bertz CT molecular complexity index is 1350. The number of hydrogen-bond acceptors (Lipinski definition) is 6. The van der Waals surface area contributed by atoms with E-state index in [1.807, 2.05) is 0 Å². The molecule has 13 heteroatoms. The van der Waals surface area contributed by atoms with Crippen LogP contribution in [0.4, 0.5) is 17.6 Å². The van der Waals surface area contributed by atoms with E-state index in [0.29, 0.717) is 6.42 Å². The van der Waals surface area contributed by atoms with Crippen LogP contribution in [0.5, 0.6) is 5.88 Å². The zero-order valence-electron chi connectivity index (χ0n) is 17.4. The van der Waals surface area contributed by atoms with Gasteiger partial charge in [-0.05, 0) is 43.2 Å². The summed E-state index contributed by atoms with van der Waals surface area (Å²) in [6, 6.07) is 7.81. The second-order valence-corrected chi connectivity index (χ2v) is 9.73. The number of nitrogens with two attached hydrogens (primary N) is 1. The van der Waals surface area contributed by atoms with E-state index in [9.17, 15) is 30.8 Å². The number of aromatic nitrogens is 3. The molecule has 1 fully saturated rings. The molecule has 34 heavy (non-hydrogen) atoms. The van der Waals surface area contributed by atoms with Gasteiger partial charge in [0.2, 0.25) is 15.7 Å². The third-order valence-electron chi connectivity index (χ3n) is 5.68. The summed E-state index contributed by atoms with van der Waals surface area (Å²) in [5, 5.41) is 3.29. The first-order valence-corrected chi connectivity index (χ1v) is 11.5. The molecule has 0 aliphatic heterocycles. The van der Waals surface area contributed by atoms with Gasteiger partial charge < -0.3 is 10.5 Å². The highest BCUT2D eigenvalue weighted by Crippen LogP contribution is 2.53. The van der Waals surface area contributed by atoms with Crippen LogP contribution in [0.3, 0.4) is 0 Å². The summed E-state index contributed by atoms with van der Waals surface area (Å²) in [6.45, 7) is -0.596. The predicted octanol–water partition coefficient (Wildman–Crippen LogP) is 3.45. The van der Waals surface area contributed by atoms with Crippen molar-refractivity contribution in [3.63, 3.8) is 0 Å². The Morgan fingerprint density at radius 1 is 1.18 bits per heavy atom. The lowest BCUT2D eigenvalue weighted by Gasteiger charge is -2.42. The molecule has 4 rings (SSSR count). The van der Waals surface area contributed by atoms with Crippen LogP contribution in [0.15, 0.2) is 58.6 Å². The van der Waals surface area contributed by atoms with E-state index in [4.69, 9.17) is 10.5 Å². The van der Waals surface area contributed by atoms with Gasteiger partial charge >= 0.3 is 6.18 Å². The molecule has 1 amide bonds. The van der Waals surface area contributed by atoms with Crippen molar-refractivity contribution in [2.45, 2.75) is 35.4 Å². The highest BCUT2D eigenvalue weighted by Gasteiger charge is 2.58. The van der Waals surface area contributed by atoms with Gasteiger partial charge in [-0.2, -0.15) is 13.2 Å². The summed E-state index contributed by atoms with van der Waals surface area (Å²) >= 11 is 0. The molecule has 0 atom stereocenters. The zero-order valence-corrected chi connectivity index (χ0v) is 18.2. The summed E-state index contributed by atoms with van der Waals surface area (Å²) in [6.07, 6.45) is -2.71. The predicted molar refractivity (Wildman–Crippen MR) is 110 cm³/mol. The average Bonchev–Trinajstić information content (AvgIpc) is 3.20. The van der Waals surface area contributed by atoms with Gasteiger partial charge in [0.25, 0.3) is 5.91 Å². The molecule has 2 heterocycles. The fourth-order valence-corrected chi connectivity index (χ4v) is 4.95. The number of nitrogens with zero attached hydrogens (tertiary/aromatic N) is 3. The monoisotopic (exact) mass is 498 g/mol. The van der Waals surface area contributed by atoms with Crippen LogP contribution in [0.2, 0.25) is 0 Å². The maximum Gasteiger partial charge on any atom is 0.397 e. The van der Waals surface area contributed by atoms with E-state index in [2.05, 4.69) is 10.1 Å². The first-order valence-electron chi connectivity index (χ1n) is 10.0. The molecule has 1 saturated carbocycles. The average molecular weight is 498 g/mol. The number of halogens is 4. The van der Waals surface area contributed by atoms with Crippen LogP contribution >= 0.6 is 0 Å². The Hall–Kier alpha value is -3.48. The number of alkyl halides is 3. The molecule has 0 spiro atoms. The van der Waals surface area contributed by atoms with Gasteiger partial charge in [0.1, 0.15) is 17.8 Å². The second kappa shape index (κ2) is 8.38. The van der Waals surface area contributed by atoms with Crippen LogP contribution < -0.4 is 10.5 Å². The van der Waals surface area contributed by atoms with Crippen molar-refractivity contribution in [2.75, 3.05) is 6.61 Å². The highest BCUT2D eigenvalue weighted by molar-refractivity contribution is 7.91. The van der Waals surface area contributed by atoms with Gasteiger partial charge in [-0.25, -0.2) is 22.5 Å². The van der Waals surface area contributed by atoms with Gasteiger partial charge in [0, 0.05) is 12.3 Å². The van der Waals surface area contributed by atoms with Crippen LogP contribution in [-0.2, 0) is 9.84 Å². The van der Waals surface area contributed by atoms with Crippen molar-refractivity contribution in [3.05, 3.63) is 60.0 Å². The van der Waals surface area contributed by atoms with E-state index in [1.165, 1.54) is 24.4 Å². The SMILES string of the molecule is NC(=O)c1ccc(-n2ccc(OCC3(C(F)(F)F)CCC3)n2)nc1S(=O)(=O)c1cccc(F)c1. The first-order chi connectivity index (χ1) is 15.9. The van der Waals surface area contributed by atoms with Gasteiger partial charge in [0.05, 0.1) is 10.5 Å². The fraction of sp³-hybridized carbons (Fsp3) is 0.286. The van der Waals surface area contributed by atoms with Gasteiger partial charge in [-0.15, -0.1) is 5.10 Å². The number of pyridine rings is 1. The quantitative estimate of drug-likeness (QED) is 0.499. The Balaban J connectivity index is 1.65. The van der Waals surface area contributed by atoms with Gasteiger partial charge in [-0.3, -0.25) is 4.79 Å². The largest absolute Gasteiger partial charge is 0.476 e. The van der Waals surface area contributed by atoms with Crippen molar-refractivity contribution in [3.8, 4) is 11.7 Å². The summed E-state index contributed by atoms with van der Waals surface area (Å²) in [5.74, 6) is -2.08. The van der Waals surface area contributed by atoms with Crippen LogP contribution in [0.25, 0.3) is 5.82 Å². The number of rotatable bonds is 7. The molecule has 1 aromatic carbocycles. The molecule has 2 N–H and O–H groups in total. The second-order valence-electron chi connectivity index (χ2n) is 7.87. The lowest BCUT2D eigenvalue weighted by atomic mass is 9.69. The Kier molecular flexibility index (Phi) is 5.84. The molecule has 3 aromatic rings. The molecule has 0 unspecified atom stereocenters. The molecular weight excluding hydrogens is 480 g/mol. The minimum atomic E-state index is -4.45. The number of ether oxygens (including phenoxy) is 1. The number of primary amides is 1. The first kappa shape index (κ1) is 23.7. The zero-order chi connectivity index (χ0) is 24.7. The number of amides is 1. The Morgan fingerprint density at radius 2 is 1.91 bits per heavy atom. The van der Waals surface area contributed by atoms with Crippen molar-refractivity contribution in [2.24, 2.45) is 11.1 Å². The number of hydrogen-bond donors (Lipinski definition) is 1. The third kappa shape index (κ3) is 4.22. The van der Waals surface area contributed by atoms with Gasteiger partial charge in [-0.1, -0.05) is 12.5 Å². The molecule has 180 valence electrons. The molecule has 1 aliphatic rings. The molecule has 0 radical (unpaired) electrons. The Morgan fingerprint density at radius 3 is 2.50 bits per heavy atom. The molecule has 8 nitrogen and oxygen atoms in total. The highest BCUT2D eigenvalue weighted by atomic mass is 32.2. The summed E-state index contributed by atoms with van der Waals surface area (Å²) in [5.41, 5.74) is 2.96. The maximum absolute atomic E-state index is 13.6. The minimum absolute atomic E-state index is 0.0331. The molecule has 1 aliphatic carbocycles. The van der Waals surface area contributed by atoms with Gasteiger partial charge in [0.15, 0.2) is 10.8 Å². The van der Waals surface area contributed by atoms with E-state index in [0.717, 1.165) is 28.9 Å². The topological polar surface area (TPSA) is 117 Å². The number of carbonyl (C=O) groups excluding carboxylic acids is 1. The van der Waals surface area contributed by atoms with Crippen LogP contribution in [0, 0.1) is 11.2 Å². The van der Waals surface area contributed by atoms with Crippen LogP contribution in [-0.4, -0.2) is 41.9 Å². The number of carbonyl (C=O) groups is 1. The summed E-state index contributed by atoms with van der Waals surface area (Å²) in [4.78, 5) is 15.4.